The van der Waals surface area contributed by atoms with Gasteiger partial charge in [0.1, 0.15) is 17.5 Å². The minimum Gasteiger partial charge on any atom is -0.393 e. The first-order valence-electron chi connectivity index (χ1n) is 6.72. The molecule has 5 nitrogen and oxygen atoms in total. The van der Waals surface area contributed by atoms with Crippen LogP contribution in [-0.2, 0) is 5.60 Å². The van der Waals surface area contributed by atoms with E-state index in [2.05, 4.69) is 32.8 Å². The van der Waals surface area contributed by atoms with Crippen molar-refractivity contribution in [2.24, 2.45) is 0 Å². The highest BCUT2D eigenvalue weighted by atomic mass is 79.9. The number of nitrogens with zero attached hydrogens (tertiary/aromatic N) is 2. The van der Waals surface area contributed by atoms with Crippen molar-refractivity contribution < 1.29 is 15.3 Å². The van der Waals surface area contributed by atoms with Crippen molar-refractivity contribution >= 4 is 15.9 Å². The van der Waals surface area contributed by atoms with E-state index in [-0.39, 0.29) is 12.4 Å². The maximum Gasteiger partial charge on any atom is 0.144 e. The lowest BCUT2D eigenvalue weighted by molar-refractivity contribution is -0.0134. The molecule has 22 heavy (non-hydrogen) atoms. The fraction of sp³-hybridized carbons (Fsp3) is 0.312. The molecular weight excluding hydrogens is 348 g/mol. The molecule has 0 unspecified atom stereocenters. The van der Waals surface area contributed by atoms with E-state index in [1.54, 1.807) is 10.8 Å². The summed E-state index contributed by atoms with van der Waals surface area (Å²) in [5.41, 5.74) is -0.673. The van der Waals surface area contributed by atoms with E-state index in [0.717, 1.165) is 10.0 Å². The molecule has 1 aromatic heterocycles. The Morgan fingerprint density at radius 3 is 2.59 bits per heavy atom. The number of imidazole rings is 1. The lowest BCUT2D eigenvalue weighted by Crippen LogP contribution is -2.31. The monoisotopic (exact) mass is 364 g/mol. The third-order valence-electron chi connectivity index (χ3n) is 3.19. The van der Waals surface area contributed by atoms with E-state index < -0.39 is 18.2 Å². The molecule has 1 aromatic carbocycles. The van der Waals surface area contributed by atoms with Gasteiger partial charge in [0.05, 0.1) is 13.2 Å². The number of rotatable bonds is 4. The van der Waals surface area contributed by atoms with Gasteiger partial charge in [-0.3, -0.25) is 0 Å². The first kappa shape index (κ1) is 16.7. The maximum atomic E-state index is 10.2. The average molecular weight is 365 g/mol. The Morgan fingerprint density at radius 2 is 2.00 bits per heavy atom. The van der Waals surface area contributed by atoms with Crippen LogP contribution in [0, 0.1) is 11.8 Å². The van der Waals surface area contributed by atoms with Gasteiger partial charge in [0, 0.05) is 22.4 Å². The Balaban J connectivity index is 2.31. The van der Waals surface area contributed by atoms with Gasteiger partial charge in [-0.05, 0) is 31.2 Å². The normalized spacial score (nSPS) is 14.8. The van der Waals surface area contributed by atoms with E-state index in [4.69, 9.17) is 0 Å². The van der Waals surface area contributed by atoms with Crippen molar-refractivity contribution in [3.05, 3.63) is 52.5 Å². The van der Waals surface area contributed by atoms with Crippen molar-refractivity contribution in [3.63, 3.8) is 0 Å². The molecule has 2 atom stereocenters. The Bertz CT molecular complexity index is 683. The summed E-state index contributed by atoms with van der Waals surface area (Å²) < 4.78 is 2.54. The SMILES string of the molecule is C[C@](O)(CO)c1nccn1[C@@H](C#Cc1ccc(Br)cc1)CO. The number of halogens is 1. The van der Waals surface area contributed by atoms with E-state index in [1.807, 2.05) is 24.3 Å². The average Bonchev–Trinajstić information content (AvgIpc) is 3.00. The van der Waals surface area contributed by atoms with Gasteiger partial charge < -0.3 is 19.9 Å². The number of hydrogen-bond donors (Lipinski definition) is 3. The van der Waals surface area contributed by atoms with Gasteiger partial charge >= 0.3 is 0 Å². The van der Waals surface area contributed by atoms with Crippen molar-refractivity contribution in [3.8, 4) is 11.8 Å². The number of hydrogen-bond acceptors (Lipinski definition) is 4. The summed E-state index contributed by atoms with van der Waals surface area (Å²) in [5.74, 6) is 6.21. The van der Waals surface area contributed by atoms with Crippen LogP contribution in [0.5, 0.6) is 0 Å². The minimum atomic E-state index is -1.49. The molecule has 116 valence electrons. The second-order valence-corrected chi connectivity index (χ2v) is 5.98. The van der Waals surface area contributed by atoms with Crippen molar-refractivity contribution in [1.82, 2.24) is 9.55 Å². The molecular formula is C16H17BrN2O3. The third-order valence-corrected chi connectivity index (χ3v) is 3.72. The summed E-state index contributed by atoms with van der Waals surface area (Å²) >= 11 is 3.36. The molecule has 0 amide bonds. The number of benzene rings is 1. The lowest BCUT2D eigenvalue weighted by Gasteiger charge is -2.23. The van der Waals surface area contributed by atoms with Crippen LogP contribution in [0.3, 0.4) is 0 Å². The second-order valence-electron chi connectivity index (χ2n) is 5.06. The molecule has 3 N–H and O–H groups in total. The van der Waals surface area contributed by atoms with Crippen LogP contribution in [0.2, 0.25) is 0 Å². The summed E-state index contributed by atoms with van der Waals surface area (Å²) in [5, 5.41) is 29.0. The molecule has 0 bridgehead atoms. The number of aliphatic hydroxyl groups is 3. The summed E-state index contributed by atoms with van der Waals surface area (Å²) in [4.78, 5) is 4.06. The van der Waals surface area contributed by atoms with Gasteiger partial charge in [-0.25, -0.2) is 4.98 Å². The fourth-order valence-electron chi connectivity index (χ4n) is 1.96. The van der Waals surface area contributed by atoms with E-state index in [9.17, 15) is 15.3 Å². The summed E-state index contributed by atoms with van der Waals surface area (Å²) in [6, 6.07) is 6.95. The van der Waals surface area contributed by atoms with Crippen molar-refractivity contribution in [2.45, 2.75) is 18.6 Å². The smallest absolute Gasteiger partial charge is 0.144 e. The van der Waals surface area contributed by atoms with Gasteiger partial charge in [-0.1, -0.05) is 27.8 Å². The summed E-state index contributed by atoms with van der Waals surface area (Å²) in [6.45, 7) is 0.763. The Labute approximate surface area is 137 Å². The largest absolute Gasteiger partial charge is 0.393 e. The topological polar surface area (TPSA) is 78.5 Å². The Hall–Kier alpha value is -1.65. The van der Waals surface area contributed by atoms with Crippen LogP contribution >= 0.6 is 15.9 Å². The molecule has 0 spiro atoms. The zero-order chi connectivity index (χ0) is 16.2. The molecule has 2 rings (SSSR count). The third kappa shape index (κ3) is 3.76. The van der Waals surface area contributed by atoms with E-state index >= 15 is 0 Å². The molecule has 1 heterocycles. The van der Waals surface area contributed by atoms with Gasteiger partial charge in [0.25, 0.3) is 0 Å². The first-order chi connectivity index (χ1) is 10.5. The highest BCUT2D eigenvalue weighted by Gasteiger charge is 2.29. The summed E-state index contributed by atoms with van der Waals surface area (Å²) in [7, 11) is 0. The Kier molecular flexibility index (Phi) is 5.37. The van der Waals surface area contributed by atoms with E-state index in [1.165, 1.54) is 13.1 Å². The van der Waals surface area contributed by atoms with Crippen molar-refractivity contribution in [2.75, 3.05) is 13.2 Å². The standard InChI is InChI=1S/C16H17BrN2O3/c1-16(22,11-21)15-18-8-9-19(15)14(10-20)7-4-12-2-5-13(17)6-3-12/h2-3,5-6,8-9,14,20-22H,10-11H2,1H3/t14-,16-/m0/s1. The molecule has 0 radical (unpaired) electrons. The van der Waals surface area contributed by atoms with Crippen molar-refractivity contribution in [1.29, 1.82) is 0 Å². The molecule has 0 fully saturated rings. The van der Waals surface area contributed by atoms with Gasteiger partial charge in [-0.2, -0.15) is 0 Å². The zero-order valence-electron chi connectivity index (χ0n) is 12.1. The zero-order valence-corrected chi connectivity index (χ0v) is 13.7. The molecule has 0 aliphatic carbocycles. The molecule has 0 aliphatic heterocycles. The second kappa shape index (κ2) is 7.07. The molecule has 0 saturated carbocycles. The first-order valence-corrected chi connectivity index (χ1v) is 7.52. The van der Waals surface area contributed by atoms with Crippen LogP contribution in [0.4, 0.5) is 0 Å². The van der Waals surface area contributed by atoms with Crippen LogP contribution in [0.1, 0.15) is 24.4 Å². The predicted molar refractivity (Wildman–Crippen MR) is 86.0 cm³/mol. The molecule has 0 aliphatic rings. The number of aliphatic hydroxyl groups excluding tert-OH is 2. The quantitative estimate of drug-likeness (QED) is 0.717. The maximum absolute atomic E-state index is 10.2. The highest BCUT2D eigenvalue weighted by Crippen LogP contribution is 2.21. The van der Waals surface area contributed by atoms with Gasteiger partial charge in [0.15, 0.2) is 0 Å². The molecule has 0 saturated heterocycles. The van der Waals surface area contributed by atoms with Crippen LogP contribution in [0.25, 0.3) is 0 Å². The van der Waals surface area contributed by atoms with Crippen LogP contribution in [0.15, 0.2) is 41.1 Å². The summed E-state index contributed by atoms with van der Waals surface area (Å²) in [6.07, 6.45) is 3.13. The fourth-order valence-corrected chi connectivity index (χ4v) is 2.22. The highest BCUT2D eigenvalue weighted by molar-refractivity contribution is 9.10. The minimum absolute atomic E-state index is 0.228. The molecule has 6 heteroatoms. The van der Waals surface area contributed by atoms with Gasteiger partial charge in [0.2, 0.25) is 0 Å². The number of aromatic nitrogens is 2. The van der Waals surface area contributed by atoms with E-state index in [0.29, 0.717) is 0 Å². The van der Waals surface area contributed by atoms with Crippen LogP contribution in [-0.4, -0.2) is 38.1 Å². The molecule has 2 aromatic rings. The predicted octanol–water partition coefficient (Wildman–Crippen LogP) is 1.43. The lowest BCUT2D eigenvalue weighted by atomic mass is 10.1. The van der Waals surface area contributed by atoms with Gasteiger partial charge in [-0.15, -0.1) is 0 Å². The Morgan fingerprint density at radius 1 is 1.32 bits per heavy atom. The van der Waals surface area contributed by atoms with Crippen LogP contribution < -0.4 is 0 Å².